The van der Waals surface area contributed by atoms with E-state index in [0.717, 1.165) is 22.0 Å². The van der Waals surface area contributed by atoms with Crippen LogP contribution in [0.3, 0.4) is 0 Å². The molecule has 0 atom stereocenters. The van der Waals surface area contributed by atoms with Gasteiger partial charge >= 0.3 is 6.18 Å². The summed E-state index contributed by atoms with van der Waals surface area (Å²) in [5.41, 5.74) is 0.810. The molecule has 3 rings (SSSR count). The number of halogens is 3. The van der Waals surface area contributed by atoms with Gasteiger partial charge in [-0.2, -0.15) is 13.2 Å². The minimum absolute atomic E-state index is 0.422. The van der Waals surface area contributed by atoms with Gasteiger partial charge in [-0.25, -0.2) is 9.97 Å². The molecule has 3 aromatic rings. The lowest BCUT2D eigenvalue weighted by atomic mass is 10.1. The second kappa shape index (κ2) is 5.96. The Balaban J connectivity index is 1.83. The number of thioether (sulfide) groups is 1. The fourth-order valence-corrected chi connectivity index (χ4v) is 3.02. The quantitative estimate of drug-likeness (QED) is 0.505. The van der Waals surface area contributed by atoms with Crippen LogP contribution in [0.15, 0.2) is 59.9 Å². The number of fused-ring (bicyclic) bond motifs is 1. The predicted octanol–water partition coefficient (Wildman–Crippen LogP) is 4.94. The standard InChI is InChI=1S/C16H11F3N2S/c17-16(18,19)12-5-3-4-11(8-12)9-22-15-13-6-1-2-7-14(13)20-10-21-15/h1-8,10H,9H2. The van der Waals surface area contributed by atoms with E-state index in [1.807, 2.05) is 24.3 Å². The van der Waals surface area contributed by atoms with Gasteiger partial charge in [0.25, 0.3) is 0 Å². The molecule has 2 aromatic carbocycles. The summed E-state index contributed by atoms with van der Waals surface area (Å²) >= 11 is 1.40. The molecule has 0 spiro atoms. The van der Waals surface area contributed by atoms with Crippen molar-refractivity contribution in [2.75, 3.05) is 0 Å². The monoisotopic (exact) mass is 320 g/mol. The molecular weight excluding hydrogens is 309 g/mol. The van der Waals surface area contributed by atoms with Crippen LogP contribution >= 0.6 is 11.8 Å². The number of aromatic nitrogens is 2. The van der Waals surface area contributed by atoms with Gasteiger partial charge in [-0.15, -0.1) is 11.8 Å². The number of hydrogen-bond acceptors (Lipinski definition) is 3. The molecule has 0 aliphatic heterocycles. The molecule has 0 bridgehead atoms. The Labute approximate surface area is 129 Å². The second-order valence-corrected chi connectivity index (χ2v) is 5.65. The molecule has 2 nitrogen and oxygen atoms in total. The fourth-order valence-electron chi connectivity index (χ4n) is 2.08. The van der Waals surface area contributed by atoms with Crippen molar-refractivity contribution in [1.29, 1.82) is 0 Å². The summed E-state index contributed by atoms with van der Waals surface area (Å²) in [6.45, 7) is 0. The number of alkyl halides is 3. The van der Waals surface area contributed by atoms with Crippen molar-refractivity contribution in [3.05, 3.63) is 66.0 Å². The molecule has 1 heterocycles. The number of para-hydroxylation sites is 1. The van der Waals surface area contributed by atoms with Gasteiger partial charge in [0.05, 0.1) is 11.1 Å². The largest absolute Gasteiger partial charge is 0.416 e. The van der Waals surface area contributed by atoms with Gasteiger partial charge in [-0.05, 0) is 17.7 Å². The summed E-state index contributed by atoms with van der Waals surface area (Å²) in [4.78, 5) is 8.39. The number of benzene rings is 2. The maximum Gasteiger partial charge on any atom is 0.416 e. The first-order valence-corrected chi connectivity index (χ1v) is 7.51. The molecule has 0 N–H and O–H groups in total. The zero-order chi connectivity index (χ0) is 15.6. The third-order valence-corrected chi connectivity index (χ3v) is 4.21. The maximum absolute atomic E-state index is 12.7. The first-order valence-electron chi connectivity index (χ1n) is 6.53. The van der Waals surface area contributed by atoms with Crippen molar-refractivity contribution >= 4 is 22.7 Å². The van der Waals surface area contributed by atoms with Crippen molar-refractivity contribution in [1.82, 2.24) is 9.97 Å². The number of hydrogen-bond donors (Lipinski definition) is 0. The molecular formula is C16H11F3N2S. The average molecular weight is 320 g/mol. The Kier molecular flexibility index (Phi) is 4.02. The molecule has 0 amide bonds. The number of nitrogens with zero attached hydrogens (tertiary/aromatic N) is 2. The highest BCUT2D eigenvalue weighted by Gasteiger charge is 2.30. The van der Waals surface area contributed by atoms with Crippen LogP contribution < -0.4 is 0 Å². The first kappa shape index (κ1) is 14.8. The molecule has 0 aliphatic carbocycles. The Morgan fingerprint density at radius 2 is 1.77 bits per heavy atom. The summed E-state index contributed by atoms with van der Waals surface area (Å²) in [5.74, 6) is 0.422. The van der Waals surface area contributed by atoms with Crippen LogP contribution in [0.25, 0.3) is 10.9 Å². The van der Waals surface area contributed by atoms with Gasteiger partial charge in [0, 0.05) is 11.1 Å². The van der Waals surface area contributed by atoms with Crippen molar-refractivity contribution in [3.8, 4) is 0 Å². The van der Waals surface area contributed by atoms with Crippen molar-refractivity contribution < 1.29 is 13.2 Å². The molecule has 0 saturated carbocycles. The summed E-state index contributed by atoms with van der Waals surface area (Å²) < 4.78 is 38.1. The zero-order valence-corrected chi connectivity index (χ0v) is 12.2. The summed E-state index contributed by atoms with van der Waals surface area (Å²) in [5, 5.41) is 1.67. The zero-order valence-electron chi connectivity index (χ0n) is 11.3. The topological polar surface area (TPSA) is 25.8 Å². The lowest BCUT2D eigenvalue weighted by molar-refractivity contribution is -0.137. The van der Waals surface area contributed by atoms with Crippen LogP contribution in [-0.4, -0.2) is 9.97 Å². The summed E-state index contributed by atoms with van der Waals surface area (Å²) in [7, 11) is 0. The maximum atomic E-state index is 12.7. The number of rotatable bonds is 3. The van der Waals surface area contributed by atoms with Crippen LogP contribution in [0.4, 0.5) is 13.2 Å². The SMILES string of the molecule is FC(F)(F)c1cccc(CSc2ncnc3ccccc23)c1. The van der Waals surface area contributed by atoms with E-state index in [4.69, 9.17) is 0 Å². The molecule has 0 radical (unpaired) electrons. The smallest absolute Gasteiger partial charge is 0.236 e. The molecule has 0 unspecified atom stereocenters. The Bertz CT molecular complexity index is 797. The van der Waals surface area contributed by atoms with Gasteiger partial charge in [0.1, 0.15) is 11.4 Å². The van der Waals surface area contributed by atoms with Crippen molar-refractivity contribution in [2.24, 2.45) is 0 Å². The van der Waals surface area contributed by atoms with Crippen LogP contribution in [0, 0.1) is 0 Å². The molecule has 0 saturated heterocycles. The minimum atomic E-state index is -4.32. The highest BCUT2D eigenvalue weighted by molar-refractivity contribution is 7.98. The molecule has 0 aliphatic rings. The van der Waals surface area contributed by atoms with Gasteiger partial charge < -0.3 is 0 Å². The van der Waals surface area contributed by atoms with E-state index in [2.05, 4.69) is 9.97 Å². The second-order valence-electron chi connectivity index (χ2n) is 4.68. The fraction of sp³-hybridized carbons (Fsp3) is 0.125. The van der Waals surface area contributed by atoms with E-state index >= 15 is 0 Å². The average Bonchev–Trinajstić information content (AvgIpc) is 2.52. The first-order chi connectivity index (χ1) is 10.5. The van der Waals surface area contributed by atoms with Crippen LogP contribution in [0.2, 0.25) is 0 Å². The van der Waals surface area contributed by atoms with Gasteiger partial charge in [-0.1, -0.05) is 36.4 Å². The van der Waals surface area contributed by atoms with Gasteiger partial charge in [-0.3, -0.25) is 0 Å². The van der Waals surface area contributed by atoms with E-state index in [-0.39, 0.29) is 0 Å². The molecule has 1 aromatic heterocycles. The highest BCUT2D eigenvalue weighted by atomic mass is 32.2. The van der Waals surface area contributed by atoms with Crippen LogP contribution in [0.5, 0.6) is 0 Å². The third kappa shape index (κ3) is 3.22. The molecule has 112 valence electrons. The Morgan fingerprint density at radius 3 is 2.59 bits per heavy atom. The van der Waals surface area contributed by atoms with E-state index in [1.165, 1.54) is 30.2 Å². The molecule has 0 fully saturated rings. The lowest BCUT2D eigenvalue weighted by Gasteiger charge is -2.09. The Hall–Kier alpha value is -2.08. The van der Waals surface area contributed by atoms with Gasteiger partial charge in [0.15, 0.2) is 0 Å². The van der Waals surface area contributed by atoms with Crippen LogP contribution in [0.1, 0.15) is 11.1 Å². The summed E-state index contributed by atoms with van der Waals surface area (Å²) in [6, 6.07) is 12.9. The van der Waals surface area contributed by atoms with E-state index < -0.39 is 11.7 Å². The van der Waals surface area contributed by atoms with E-state index in [1.54, 1.807) is 6.07 Å². The molecule has 6 heteroatoms. The van der Waals surface area contributed by atoms with E-state index in [9.17, 15) is 13.2 Å². The third-order valence-electron chi connectivity index (χ3n) is 3.14. The van der Waals surface area contributed by atoms with E-state index in [0.29, 0.717) is 11.3 Å². The minimum Gasteiger partial charge on any atom is -0.236 e. The lowest BCUT2D eigenvalue weighted by Crippen LogP contribution is -2.04. The van der Waals surface area contributed by atoms with Crippen molar-refractivity contribution in [3.63, 3.8) is 0 Å². The van der Waals surface area contributed by atoms with Crippen LogP contribution in [-0.2, 0) is 11.9 Å². The van der Waals surface area contributed by atoms with Crippen molar-refractivity contribution in [2.45, 2.75) is 17.0 Å². The summed E-state index contributed by atoms with van der Waals surface area (Å²) in [6.07, 6.45) is -2.85. The molecule has 22 heavy (non-hydrogen) atoms. The van der Waals surface area contributed by atoms with Gasteiger partial charge in [0.2, 0.25) is 0 Å². The predicted molar refractivity (Wildman–Crippen MR) is 80.5 cm³/mol. The normalized spacial score (nSPS) is 11.8. The Morgan fingerprint density at radius 1 is 0.955 bits per heavy atom. The highest BCUT2D eigenvalue weighted by Crippen LogP contribution is 2.32.